The zero-order valence-corrected chi connectivity index (χ0v) is 13.8. The number of hydrogen-bond donors (Lipinski definition) is 1. The Kier molecular flexibility index (Phi) is 5.28. The van der Waals surface area contributed by atoms with Crippen LogP contribution in [0.4, 0.5) is 5.69 Å². The van der Waals surface area contributed by atoms with Crippen LogP contribution in [0.2, 0.25) is 0 Å². The minimum atomic E-state index is 0.598. The Balaban J connectivity index is 2.17. The fourth-order valence-corrected chi connectivity index (χ4v) is 3.45. The van der Waals surface area contributed by atoms with Crippen LogP contribution in [0.3, 0.4) is 0 Å². The molecule has 1 heterocycles. The molecular formula is C16H25BrN2. The molecule has 1 fully saturated rings. The molecule has 1 saturated heterocycles. The Morgan fingerprint density at radius 1 is 1.47 bits per heavy atom. The van der Waals surface area contributed by atoms with Crippen LogP contribution in [0.15, 0.2) is 22.7 Å². The molecule has 1 N–H and O–H groups in total. The molecule has 0 saturated carbocycles. The molecular weight excluding hydrogens is 300 g/mol. The average molecular weight is 325 g/mol. The first kappa shape index (κ1) is 14.9. The van der Waals surface area contributed by atoms with Crippen molar-refractivity contribution in [1.82, 2.24) is 5.32 Å². The van der Waals surface area contributed by atoms with E-state index >= 15 is 0 Å². The lowest BCUT2D eigenvalue weighted by Gasteiger charge is -2.30. The highest BCUT2D eigenvalue weighted by atomic mass is 79.9. The Hall–Kier alpha value is -0.540. The third-order valence-corrected chi connectivity index (χ3v) is 4.84. The van der Waals surface area contributed by atoms with Gasteiger partial charge >= 0.3 is 0 Å². The van der Waals surface area contributed by atoms with Crippen LogP contribution in [-0.2, 0) is 0 Å². The normalized spacial score (nSPS) is 22.1. The van der Waals surface area contributed by atoms with Gasteiger partial charge in [-0.3, -0.25) is 0 Å². The Labute approximate surface area is 125 Å². The summed E-state index contributed by atoms with van der Waals surface area (Å²) in [5.74, 6) is 0.727. The van der Waals surface area contributed by atoms with E-state index in [0.29, 0.717) is 6.04 Å². The quantitative estimate of drug-likeness (QED) is 0.904. The van der Waals surface area contributed by atoms with Gasteiger partial charge in [-0.2, -0.15) is 0 Å². The maximum absolute atomic E-state index is 3.72. The smallest absolute Gasteiger partial charge is 0.0511 e. The van der Waals surface area contributed by atoms with Gasteiger partial charge in [0.1, 0.15) is 0 Å². The first-order chi connectivity index (χ1) is 9.11. The van der Waals surface area contributed by atoms with Gasteiger partial charge in [0.15, 0.2) is 0 Å². The summed E-state index contributed by atoms with van der Waals surface area (Å²) in [5, 5.41) is 3.71. The highest BCUT2D eigenvalue weighted by molar-refractivity contribution is 9.10. The summed E-state index contributed by atoms with van der Waals surface area (Å²) in [4.78, 5) is 2.53. The minimum absolute atomic E-state index is 0.598. The number of aryl methyl sites for hydroxylation is 1. The molecule has 0 radical (unpaired) electrons. The van der Waals surface area contributed by atoms with Crippen molar-refractivity contribution < 1.29 is 0 Å². The summed E-state index contributed by atoms with van der Waals surface area (Å²) in [6, 6.07) is 7.27. The van der Waals surface area contributed by atoms with Crippen LogP contribution in [0.25, 0.3) is 0 Å². The third kappa shape index (κ3) is 3.73. The fourth-order valence-electron chi connectivity index (χ4n) is 2.70. The van der Waals surface area contributed by atoms with Gasteiger partial charge in [-0.15, -0.1) is 0 Å². The zero-order valence-electron chi connectivity index (χ0n) is 12.2. The van der Waals surface area contributed by atoms with Crippen molar-refractivity contribution in [1.29, 1.82) is 0 Å². The van der Waals surface area contributed by atoms with Crippen molar-refractivity contribution in [3.63, 3.8) is 0 Å². The molecule has 0 bridgehead atoms. The van der Waals surface area contributed by atoms with Crippen molar-refractivity contribution in [3.8, 4) is 0 Å². The zero-order chi connectivity index (χ0) is 13.8. The van der Waals surface area contributed by atoms with Crippen LogP contribution in [-0.4, -0.2) is 25.7 Å². The molecule has 1 aromatic rings. The molecule has 2 nitrogen and oxygen atoms in total. The van der Waals surface area contributed by atoms with E-state index in [1.807, 2.05) is 0 Å². The largest absolute Gasteiger partial charge is 0.369 e. The molecule has 0 aromatic heterocycles. The van der Waals surface area contributed by atoms with E-state index in [1.54, 1.807) is 0 Å². The summed E-state index contributed by atoms with van der Waals surface area (Å²) >= 11 is 3.72. The van der Waals surface area contributed by atoms with Crippen molar-refractivity contribution in [2.75, 3.05) is 24.5 Å². The van der Waals surface area contributed by atoms with Crippen molar-refractivity contribution in [3.05, 3.63) is 28.2 Å². The highest BCUT2D eigenvalue weighted by Crippen LogP contribution is 2.29. The van der Waals surface area contributed by atoms with Gasteiger partial charge in [-0.25, -0.2) is 0 Å². The topological polar surface area (TPSA) is 15.3 Å². The molecule has 0 aliphatic carbocycles. The SMILES string of the molecule is CCC(C)C1CN(c2ccc(C)cc2Br)CCCN1. The summed E-state index contributed by atoms with van der Waals surface area (Å²) in [5.41, 5.74) is 2.64. The summed E-state index contributed by atoms with van der Waals surface area (Å²) in [6.45, 7) is 10.2. The second-order valence-corrected chi connectivity index (χ2v) is 6.55. The maximum Gasteiger partial charge on any atom is 0.0511 e. The molecule has 1 aromatic carbocycles. The molecule has 106 valence electrons. The van der Waals surface area contributed by atoms with Crippen LogP contribution >= 0.6 is 15.9 Å². The summed E-state index contributed by atoms with van der Waals surface area (Å²) in [6.07, 6.45) is 2.45. The van der Waals surface area contributed by atoms with Gasteiger partial charge in [-0.1, -0.05) is 26.3 Å². The first-order valence-electron chi connectivity index (χ1n) is 7.36. The average Bonchev–Trinajstić information content (AvgIpc) is 2.63. The number of halogens is 1. The standard InChI is InChI=1S/C16H25BrN2/c1-4-13(3)15-11-19(9-5-8-18-15)16-7-6-12(2)10-14(16)17/h6-7,10,13,15,18H,4-5,8-9,11H2,1-3H3. The predicted molar refractivity (Wildman–Crippen MR) is 87.0 cm³/mol. The van der Waals surface area contributed by atoms with E-state index in [-0.39, 0.29) is 0 Å². The number of hydrogen-bond acceptors (Lipinski definition) is 2. The number of nitrogens with one attached hydrogen (secondary N) is 1. The lowest BCUT2D eigenvalue weighted by atomic mass is 9.99. The van der Waals surface area contributed by atoms with E-state index in [4.69, 9.17) is 0 Å². The molecule has 2 unspecified atom stereocenters. The minimum Gasteiger partial charge on any atom is -0.369 e. The van der Waals surface area contributed by atoms with Gasteiger partial charge in [-0.05, 0) is 59.4 Å². The Morgan fingerprint density at radius 3 is 2.95 bits per heavy atom. The van der Waals surface area contributed by atoms with Gasteiger partial charge in [0.2, 0.25) is 0 Å². The third-order valence-electron chi connectivity index (χ3n) is 4.20. The Morgan fingerprint density at radius 2 is 2.26 bits per heavy atom. The second-order valence-electron chi connectivity index (χ2n) is 5.70. The first-order valence-corrected chi connectivity index (χ1v) is 8.15. The summed E-state index contributed by atoms with van der Waals surface area (Å²) in [7, 11) is 0. The molecule has 1 aliphatic heterocycles. The molecule has 3 heteroatoms. The lowest BCUT2D eigenvalue weighted by Crippen LogP contribution is -2.42. The number of benzene rings is 1. The van der Waals surface area contributed by atoms with Gasteiger partial charge in [0.25, 0.3) is 0 Å². The van der Waals surface area contributed by atoms with Crippen LogP contribution in [0.5, 0.6) is 0 Å². The molecule has 1 aliphatic rings. The Bertz CT molecular complexity index is 419. The number of nitrogens with zero attached hydrogens (tertiary/aromatic N) is 1. The summed E-state index contributed by atoms with van der Waals surface area (Å²) < 4.78 is 1.22. The van der Waals surface area contributed by atoms with Gasteiger partial charge in [0.05, 0.1) is 5.69 Å². The van der Waals surface area contributed by atoms with E-state index < -0.39 is 0 Å². The number of anilines is 1. The molecule has 0 amide bonds. The molecule has 2 rings (SSSR count). The molecule has 19 heavy (non-hydrogen) atoms. The predicted octanol–water partition coefficient (Wildman–Crippen LogP) is 3.97. The van der Waals surface area contributed by atoms with E-state index in [0.717, 1.165) is 25.6 Å². The van der Waals surface area contributed by atoms with Crippen molar-refractivity contribution >= 4 is 21.6 Å². The highest BCUT2D eigenvalue weighted by Gasteiger charge is 2.22. The lowest BCUT2D eigenvalue weighted by molar-refractivity contribution is 0.384. The van der Waals surface area contributed by atoms with E-state index in [9.17, 15) is 0 Å². The van der Waals surface area contributed by atoms with Crippen LogP contribution in [0.1, 0.15) is 32.3 Å². The van der Waals surface area contributed by atoms with Crippen molar-refractivity contribution in [2.45, 2.75) is 39.7 Å². The maximum atomic E-state index is 3.72. The van der Waals surface area contributed by atoms with Gasteiger partial charge < -0.3 is 10.2 Å². The van der Waals surface area contributed by atoms with Crippen LogP contribution < -0.4 is 10.2 Å². The second kappa shape index (κ2) is 6.76. The number of rotatable bonds is 3. The fraction of sp³-hybridized carbons (Fsp3) is 0.625. The molecule has 0 spiro atoms. The van der Waals surface area contributed by atoms with E-state index in [2.05, 4.69) is 65.1 Å². The van der Waals surface area contributed by atoms with E-state index in [1.165, 1.54) is 28.6 Å². The monoisotopic (exact) mass is 324 g/mol. The van der Waals surface area contributed by atoms with Crippen LogP contribution in [0, 0.1) is 12.8 Å². The van der Waals surface area contributed by atoms with Crippen molar-refractivity contribution in [2.24, 2.45) is 5.92 Å². The molecule has 2 atom stereocenters. The van der Waals surface area contributed by atoms with Gasteiger partial charge in [0, 0.05) is 23.6 Å².